The van der Waals surface area contributed by atoms with Crippen molar-refractivity contribution in [2.24, 2.45) is 5.92 Å². The molecule has 6 heteroatoms. The SMILES string of the molecule is Cc1nn(CC(C)C)c(C)c1CC(=O)NCC(c1ccc(N(C)C)cc1)c1c[nH]c2ccccc12. The lowest BCUT2D eigenvalue weighted by Gasteiger charge is -2.20. The topological polar surface area (TPSA) is 66.0 Å². The van der Waals surface area contributed by atoms with Crippen molar-refractivity contribution in [3.8, 4) is 0 Å². The zero-order valence-corrected chi connectivity index (χ0v) is 21.7. The molecule has 1 unspecified atom stereocenters. The third-order valence-electron chi connectivity index (χ3n) is 6.72. The van der Waals surface area contributed by atoms with Crippen LogP contribution in [-0.4, -0.2) is 41.3 Å². The van der Waals surface area contributed by atoms with Gasteiger partial charge >= 0.3 is 0 Å². The van der Waals surface area contributed by atoms with Crippen molar-refractivity contribution in [1.29, 1.82) is 0 Å². The van der Waals surface area contributed by atoms with Crippen molar-refractivity contribution in [1.82, 2.24) is 20.1 Å². The van der Waals surface area contributed by atoms with Gasteiger partial charge in [0.1, 0.15) is 0 Å². The molecule has 0 aliphatic heterocycles. The molecule has 4 rings (SSSR count). The van der Waals surface area contributed by atoms with E-state index in [2.05, 4.69) is 89.7 Å². The highest BCUT2D eigenvalue weighted by Gasteiger charge is 2.21. The molecule has 0 aliphatic rings. The van der Waals surface area contributed by atoms with Gasteiger partial charge in [0.2, 0.25) is 5.91 Å². The predicted molar refractivity (Wildman–Crippen MR) is 144 cm³/mol. The van der Waals surface area contributed by atoms with Crippen LogP contribution in [0.15, 0.2) is 54.7 Å². The van der Waals surface area contributed by atoms with Gasteiger partial charge in [0.05, 0.1) is 12.1 Å². The largest absolute Gasteiger partial charge is 0.378 e. The third-order valence-corrected chi connectivity index (χ3v) is 6.72. The van der Waals surface area contributed by atoms with Crippen LogP contribution in [0.1, 0.15) is 47.8 Å². The summed E-state index contributed by atoms with van der Waals surface area (Å²) in [5.74, 6) is 0.567. The molecular formula is C29H37N5O. The molecule has 1 atom stereocenters. The fourth-order valence-electron chi connectivity index (χ4n) is 4.75. The summed E-state index contributed by atoms with van der Waals surface area (Å²) in [6.45, 7) is 9.80. The van der Waals surface area contributed by atoms with Gasteiger partial charge in [-0.3, -0.25) is 9.48 Å². The average molecular weight is 472 g/mol. The summed E-state index contributed by atoms with van der Waals surface area (Å²) in [7, 11) is 4.08. The Morgan fingerprint density at radius 2 is 1.80 bits per heavy atom. The predicted octanol–water partition coefficient (Wildman–Crippen LogP) is 5.19. The van der Waals surface area contributed by atoms with Crippen LogP contribution in [0.3, 0.4) is 0 Å². The summed E-state index contributed by atoms with van der Waals surface area (Å²) in [6.07, 6.45) is 2.42. The lowest BCUT2D eigenvalue weighted by Crippen LogP contribution is -2.30. The zero-order chi connectivity index (χ0) is 25.1. The fourth-order valence-corrected chi connectivity index (χ4v) is 4.75. The van der Waals surface area contributed by atoms with Crippen LogP contribution >= 0.6 is 0 Å². The van der Waals surface area contributed by atoms with Gasteiger partial charge in [-0.2, -0.15) is 5.10 Å². The van der Waals surface area contributed by atoms with E-state index in [1.807, 2.05) is 31.8 Å². The first-order valence-corrected chi connectivity index (χ1v) is 12.4. The minimum atomic E-state index is 0.0232. The van der Waals surface area contributed by atoms with Crippen LogP contribution in [0.25, 0.3) is 10.9 Å². The Hall–Kier alpha value is -3.54. The Kier molecular flexibility index (Phi) is 7.29. The Morgan fingerprint density at radius 1 is 1.09 bits per heavy atom. The number of hydrogen-bond acceptors (Lipinski definition) is 3. The molecule has 2 N–H and O–H groups in total. The van der Waals surface area contributed by atoms with Gasteiger partial charge in [-0.1, -0.05) is 44.2 Å². The maximum absolute atomic E-state index is 13.1. The van der Waals surface area contributed by atoms with Gasteiger partial charge in [-0.25, -0.2) is 0 Å². The number of aromatic nitrogens is 3. The monoisotopic (exact) mass is 471 g/mol. The van der Waals surface area contributed by atoms with E-state index >= 15 is 0 Å². The summed E-state index contributed by atoms with van der Waals surface area (Å²) in [5, 5.41) is 9.08. The molecule has 2 aromatic carbocycles. The number of H-pyrrole nitrogens is 1. The average Bonchev–Trinajstić information content (AvgIpc) is 3.36. The van der Waals surface area contributed by atoms with Crippen LogP contribution in [0, 0.1) is 19.8 Å². The van der Waals surface area contributed by atoms with Crippen LogP contribution in [0.2, 0.25) is 0 Å². The van der Waals surface area contributed by atoms with Gasteiger partial charge in [-0.15, -0.1) is 0 Å². The first-order chi connectivity index (χ1) is 16.7. The van der Waals surface area contributed by atoms with E-state index in [-0.39, 0.29) is 11.8 Å². The van der Waals surface area contributed by atoms with E-state index in [0.717, 1.165) is 34.7 Å². The molecule has 184 valence electrons. The van der Waals surface area contributed by atoms with E-state index in [1.165, 1.54) is 16.5 Å². The third kappa shape index (κ3) is 5.42. The smallest absolute Gasteiger partial charge is 0.224 e. The number of anilines is 1. The maximum atomic E-state index is 13.1. The second-order valence-corrected chi connectivity index (χ2v) is 10.0. The summed E-state index contributed by atoms with van der Waals surface area (Å²) >= 11 is 0. The number of nitrogens with zero attached hydrogens (tertiary/aromatic N) is 3. The van der Waals surface area contributed by atoms with E-state index in [0.29, 0.717) is 18.9 Å². The van der Waals surface area contributed by atoms with Crippen LogP contribution in [-0.2, 0) is 17.8 Å². The number of rotatable bonds is 9. The molecule has 0 bridgehead atoms. The molecule has 0 aliphatic carbocycles. The Labute approximate surface area is 208 Å². The molecule has 0 fully saturated rings. The molecule has 0 saturated carbocycles. The minimum absolute atomic E-state index is 0.0232. The number of nitrogens with one attached hydrogen (secondary N) is 2. The van der Waals surface area contributed by atoms with Gasteiger partial charge in [0.25, 0.3) is 0 Å². The van der Waals surface area contributed by atoms with Crippen LogP contribution < -0.4 is 10.2 Å². The maximum Gasteiger partial charge on any atom is 0.224 e. The van der Waals surface area contributed by atoms with Crippen LogP contribution in [0.4, 0.5) is 5.69 Å². The van der Waals surface area contributed by atoms with Gasteiger partial charge in [0.15, 0.2) is 0 Å². The van der Waals surface area contributed by atoms with E-state index in [1.54, 1.807) is 0 Å². The summed E-state index contributed by atoms with van der Waals surface area (Å²) in [6, 6.07) is 16.9. The molecule has 0 radical (unpaired) electrons. The highest BCUT2D eigenvalue weighted by Crippen LogP contribution is 2.31. The lowest BCUT2D eigenvalue weighted by molar-refractivity contribution is -0.120. The summed E-state index contributed by atoms with van der Waals surface area (Å²) in [5.41, 5.74) is 7.67. The molecule has 6 nitrogen and oxygen atoms in total. The van der Waals surface area contributed by atoms with Gasteiger partial charge in [0, 0.05) is 67.1 Å². The normalized spacial score (nSPS) is 12.3. The molecule has 2 aromatic heterocycles. The zero-order valence-electron chi connectivity index (χ0n) is 21.7. The van der Waals surface area contributed by atoms with Crippen molar-refractivity contribution in [3.63, 3.8) is 0 Å². The Balaban J connectivity index is 1.56. The number of carbonyl (C=O) groups excluding carboxylic acids is 1. The van der Waals surface area contributed by atoms with Crippen molar-refractivity contribution in [3.05, 3.63) is 82.8 Å². The molecule has 0 spiro atoms. The van der Waals surface area contributed by atoms with Crippen LogP contribution in [0.5, 0.6) is 0 Å². The number of aromatic amines is 1. The number of aryl methyl sites for hydroxylation is 1. The summed E-state index contributed by atoms with van der Waals surface area (Å²) in [4.78, 5) is 18.6. The van der Waals surface area contributed by atoms with Crippen molar-refractivity contribution < 1.29 is 4.79 Å². The van der Waals surface area contributed by atoms with E-state index < -0.39 is 0 Å². The number of para-hydroxylation sites is 1. The molecule has 1 amide bonds. The van der Waals surface area contributed by atoms with Crippen molar-refractivity contribution in [2.75, 3.05) is 25.5 Å². The summed E-state index contributed by atoms with van der Waals surface area (Å²) < 4.78 is 2.03. The van der Waals surface area contributed by atoms with Crippen molar-refractivity contribution >= 4 is 22.5 Å². The standard InChI is InChI=1S/C29H37N5O/c1-19(2)18-34-21(4)25(20(3)32-34)15-29(35)31-16-26(22-11-13-23(14-12-22)33(5)6)27-17-30-28-10-8-7-9-24(27)28/h7-14,17,19,26,30H,15-16,18H2,1-6H3,(H,31,35). The number of amides is 1. The second-order valence-electron chi connectivity index (χ2n) is 10.0. The first kappa shape index (κ1) is 24.6. The van der Waals surface area contributed by atoms with Crippen molar-refractivity contribution in [2.45, 2.75) is 46.6 Å². The quantitative estimate of drug-likeness (QED) is 0.353. The number of benzene rings is 2. The highest BCUT2D eigenvalue weighted by molar-refractivity contribution is 5.84. The molecule has 2 heterocycles. The van der Waals surface area contributed by atoms with E-state index in [4.69, 9.17) is 0 Å². The Bertz CT molecular complexity index is 1300. The van der Waals surface area contributed by atoms with Gasteiger partial charge < -0.3 is 15.2 Å². The number of hydrogen-bond donors (Lipinski definition) is 2. The van der Waals surface area contributed by atoms with Gasteiger partial charge in [-0.05, 0) is 49.1 Å². The fraction of sp³-hybridized carbons (Fsp3) is 0.379. The second kappa shape index (κ2) is 10.4. The molecule has 0 saturated heterocycles. The Morgan fingerprint density at radius 3 is 2.49 bits per heavy atom. The van der Waals surface area contributed by atoms with E-state index in [9.17, 15) is 4.79 Å². The molecular weight excluding hydrogens is 434 g/mol. The number of fused-ring (bicyclic) bond motifs is 1. The molecule has 4 aromatic rings. The highest BCUT2D eigenvalue weighted by atomic mass is 16.1. The lowest BCUT2D eigenvalue weighted by atomic mass is 9.90. The minimum Gasteiger partial charge on any atom is -0.378 e. The number of carbonyl (C=O) groups is 1. The molecule has 35 heavy (non-hydrogen) atoms. The first-order valence-electron chi connectivity index (χ1n) is 12.4.